The molecule has 0 saturated carbocycles. The van der Waals surface area contributed by atoms with Crippen LogP contribution >= 0.6 is 15.9 Å². The van der Waals surface area contributed by atoms with Gasteiger partial charge in [-0.05, 0) is 52.5 Å². The highest BCUT2D eigenvalue weighted by Crippen LogP contribution is 2.27. The molecule has 1 aromatic heterocycles. The third kappa shape index (κ3) is 2.56. The minimum absolute atomic E-state index is 0.625. The predicted octanol–water partition coefficient (Wildman–Crippen LogP) is 3.54. The van der Waals surface area contributed by atoms with E-state index in [0.29, 0.717) is 0 Å². The monoisotopic (exact) mass is 291 g/mol. The lowest BCUT2D eigenvalue weighted by Crippen LogP contribution is -2.03. The Balaban J connectivity index is 2.44. The molecule has 1 N–H and O–H groups in total. The molecule has 0 spiro atoms. The first-order valence-electron chi connectivity index (χ1n) is 5.44. The molecule has 0 fully saturated rings. The molecule has 1 atom stereocenters. The van der Waals surface area contributed by atoms with Crippen LogP contribution in [0.5, 0.6) is 0 Å². The molecule has 0 aliphatic carbocycles. The first-order valence-corrected chi connectivity index (χ1v) is 6.23. The Morgan fingerprint density at radius 3 is 2.71 bits per heavy atom. The number of hydrogen-bond acceptors (Lipinski definition) is 2. The van der Waals surface area contributed by atoms with Gasteiger partial charge in [-0.25, -0.2) is 0 Å². The van der Waals surface area contributed by atoms with Crippen LogP contribution in [0, 0.1) is 13.8 Å². The number of halogens is 1. The van der Waals surface area contributed by atoms with Crippen molar-refractivity contribution in [2.24, 2.45) is 0 Å². The molecule has 0 saturated heterocycles. The van der Waals surface area contributed by atoms with Crippen LogP contribution in [0.2, 0.25) is 0 Å². The molecular weight excluding hydrogens is 278 g/mol. The molecule has 0 bridgehead atoms. The van der Waals surface area contributed by atoms with Gasteiger partial charge in [0.05, 0.1) is 0 Å². The van der Waals surface area contributed by atoms with Crippen LogP contribution in [0.4, 0.5) is 0 Å². The molecule has 0 aliphatic rings. The normalized spacial score (nSPS) is 12.5. The quantitative estimate of drug-likeness (QED) is 0.918. The molecule has 1 unspecified atom stereocenters. The van der Waals surface area contributed by atoms with Gasteiger partial charge in [0, 0.05) is 22.4 Å². The van der Waals surface area contributed by atoms with Gasteiger partial charge in [0.15, 0.2) is 0 Å². The highest BCUT2D eigenvalue weighted by Gasteiger charge is 2.14. The lowest BCUT2D eigenvalue weighted by atomic mass is 9.96. The average Bonchev–Trinajstić information content (AvgIpc) is 2.32. The second-order valence-corrected chi connectivity index (χ2v) is 5.04. The van der Waals surface area contributed by atoms with Gasteiger partial charge in [-0.3, -0.25) is 4.98 Å². The number of pyridine rings is 1. The zero-order valence-electron chi connectivity index (χ0n) is 9.81. The van der Waals surface area contributed by atoms with Gasteiger partial charge in [-0.2, -0.15) is 0 Å². The lowest BCUT2D eigenvalue weighted by molar-refractivity contribution is 0.219. The van der Waals surface area contributed by atoms with Gasteiger partial charge < -0.3 is 5.11 Å². The number of rotatable bonds is 2. The van der Waals surface area contributed by atoms with Crippen LogP contribution in [-0.2, 0) is 0 Å². The number of nitrogens with zero attached hydrogens (tertiary/aromatic N) is 1. The molecule has 17 heavy (non-hydrogen) atoms. The maximum atomic E-state index is 10.4. The second kappa shape index (κ2) is 4.98. The van der Waals surface area contributed by atoms with Gasteiger partial charge in [-0.15, -0.1) is 0 Å². The molecule has 0 radical (unpaired) electrons. The van der Waals surface area contributed by atoms with E-state index in [1.807, 2.05) is 38.1 Å². The summed E-state index contributed by atoms with van der Waals surface area (Å²) in [6.07, 6.45) is 2.77. The zero-order valence-corrected chi connectivity index (χ0v) is 11.4. The SMILES string of the molecule is Cc1cccc(C(O)c2cncc(Br)c2)c1C. The van der Waals surface area contributed by atoms with E-state index in [1.165, 1.54) is 5.56 Å². The van der Waals surface area contributed by atoms with Crippen LogP contribution in [-0.4, -0.2) is 10.1 Å². The van der Waals surface area contributed by atoms with E-state index in [9.17, 15) is 5.11 Å². The third-order valence-corrected chi connectivity index (χ3v) is 3.42. The van der Waals surface area contributed by atoms with Crippen molar-refractivity contribution >= 4 is 15.9 Å². The van der Waals surface area contributed by atoms with Crippen molar-refractivity contribution in [3.8, 4) is 0 Å². The summed E-state index contributed by atoms with van der Waals surface area (Å²) in [5.41, 5.74) is 4.04. The van der Waals surface area contributed by atoms with E-state index in [-0.39, 0.29) is 0 Å². The summed E-state index contributed by atoms with van der Waals surface area (Å²) in [6.45, 7) is 4.07. The Morgan fingerprint density at radius 1 is 1.24 bits per heavy atom. The van der Waals surface area contributed by atoms with E-state index >= 15 is 0 Å². The molecule has 0 amide bonds. The first-order chi connectivity index (χ1) is 8.09. The molecule has 1 aromatic carbocycles. The van der Waals surface area contributed by atoms with Gasteiger partial charge in [0.1, 0.15) is 6.10 Å². The van der Waals surface area contributed by atoms with Crippen molar-refractivity contribution in [3.63, 3.8) is 0 Å². The van der Waals surface area contributed by atoms with E-state index in [0.717, 1.165) is 21.2 Å². The number of benzene rings is 1. The lowest BCUT2D eigenvalue weighted by Gasteiger charge is -2.15. The number of aromatic nitrogens is 1. The fraction of sp³-hybridized carbons (Fsp3) is 0.214. The van der Waals surface area contributed by atoms with Gasteiger partial charge in [0.2, 0.25) is 0 Å². The van der Waals surface area contributed by atoms with Gasteiger partial charge in [0.25, 0.3) is 0 Å². The fourth-order valence-electron chi connectivity index (χ4n) is 1.83. The van der Waals surface area contributed by atoms with Crippen LogP contribution in [0.3, 0.4) is 0 Å². The number of hydrogen-bond donors (Lipinski definition) is 1. The number of aryl methyl sites for hydroxylation is 1. The van der Waals surface area contributed by atoms with Crippen LogP contribution in [0.1, 0.15) is 28.4 Å². The fourth-order valence-corrected chi connectivity index (χ4v) is 2.21. The third-order valence-electron chi connectivity index (χ3n) is 2.98. The van der Waals surface area contributed by atoms with Crippen molar-refractivity contribution in [2.45, 2.75) is 20.0 Å². The topological polar surface area (TPSA) is 33.1 Å². The smallest absolute Gasteiger partial charge is 0.106 e. The van der Waals surface area contributed by atoms with Crippen LogP contribution in [0.25, 0.3) is 0 Å². The van der Waals surface area contributed by atoms with Gasteiger partial charge in [-0.1, -0.05) is 18.2 Å². The van der Waals surface area contributed by atoms with E-state index in [1.54, 1.807) is 12.4 Å². The van der Waals surface area contributed by atoms with Crippen molar-refractivity contribution in [2.75, 3.05) is 0 Å². The highest BCUT2D eigenvalue weighted by molar-refractivity contribution is 9.10. The molecule has 3 heteroatoms. The van der Waals surface area contributed by atoms with Crippen LogP contribution in [0.15, 0.2) is 41.1 Å². The van der Waals surface area contributed by atoms with Crippen molar-refractivity contribution < 1.29 is 5.11 Å². The standard InChI is InChI=1S/C14H14BrNO/c1-9-4-3-5-13(10(9)2)14(17)11-6-12(15)8-16-7-11/h3-8,14,17H,1-2H3. The summed E-state index contributed by atoms with van der Waals surface area (Å²) in [5, 5.41) is 10.4. The van der Waals surface area contributed by atoms with E-state index < -0.39 is 6.10 Å². The average molecular weight is 292 g/mol. The first kappa shape index (κ1) is 12.3. The second-order valence-electron chi connectivity index (χ2n) is 4.13. The molecular formula is C14H14BrNO. The summed E-state index contributed by atoms with van der Waals surface area (Å²) >= 11 is 3.36. The largest absolute Gasteiger partial charge is 0.384 e. The van der Waals surface area contributed by atoms with Crippen LogP contribution < -0.4 is 0 Å². The molecule has 2 aromatic rings. The van der Waals surface area contributed by atoms with Crippen molar-refractivity contribution in [1.82, 2.24) is 4.98 Å². The van der Waals surface area contributed by atoms with Crippen molar-refractivity contribution in [1.29, 1.82) is 0 Å². The van der Waals surface area contributed by atoms with Crippen molar-refractivity contribution in [3.05, 3.63) is 63.4 Å². The number of aliphatic hydroxyl groups excluding tert-OH is 1. The molecule has 1 heterocycles. The van der Waals surface area contributed by atoms with E-state index in [4.69, 9.17) is 0 Å². The summed E-state index contributed by atoms with van der Waals surface area (Å²) < 4.78 is 0.874. The highest BCUT2D eigenvalue weighted by atomic mass is 79.9. The Labute approximate surface area is 109 Å². The minimum atomic E-state index is -0.625. The molecule has 2 nitrogen and oxygen atoms in total. The zero-order chi connectivity index (χ0) is 12.4. The predicted molar refractivity (Wildman–Crippen MR) is 71.9 cm³/mol. The molecule has 0 aliphatic heterocycles. The Bertz CT molecular complexity index is 539. The van der Waals surface area contributed by atoms with E-state index in [2.05, 4.69) is 20.9 Å². The Morgan fingerprint density at radius 2 is 2.00 bits per heavy atom. The Kier molecular flexibility index (Phi) is 3.60. The summed E-state index contributed by atoms with van der Waals surface area (Å²) in [5.74, 6) is 0. The minimum Gasteiger partial charge on any atom is -0.384 e. The molecule has 88 valence electrons. The number of aliphatic hydroxyl groups is 1. The summed E-state index contributed by atoms with van der Waals surface area (Å²) in [6, 6.07) is 7.85. The van der Waals surface area contributed by atoms with Gasteiger partial charge >= 0.3 is 0 Å². The Hall–Kier alpha value is -1.19. The molecule has 2 rings (SSSR count). The maximum absolute atomic E-state index is 10.4. The summed E-state index contributed by atoms with van der Waals surface area (Å²) in [7, 11) is 0. The maximum Gasteiger partial charge on any atom is 0.106 e. The summed E-state index contributed by atoms with van der Waals surface area (Å²) in [4.78, 5) is 4.08.